The topological polar surface area (TPSA) is 93.7 Å². The number of methoxy groups -OCH3 is 2. The molecule has 0 bridgehead atoms. The summed E-state index contributed by atoms with van der Waals surface area (Å²) in [6.45, 7) is 0. The van der Waals surface area contributed by atoms with E-state index in [9.17, 15) is 13.2 Å². The van der Waals surface area contributed by atoms with Gasteiger partial charge in [-0.1, -0.05) is 11.6 Å². The third-order valence-corrected chi connectivity index (χ3v) is 5.88. The smallest absolute Gasteiger partial charge is 0.262 e. The largest absolute Gasteiger partial charge is 0.497 e. The van der Waals surface area contributed by atoms with Gasteiger partial charge in [0.25, 0.3) is 10.0 Å². The molecule has 9 heteroatoms. The number of amides is 1. The molecule has 0 aromatic heterocycles. The third-order valence-electron chi connectivity index (χ3n) is 4.23. The van der Waals surface area contributed by atoms with E-state index in [1.165, 1.54) is 32.4 Å². The van der Waals surface area contributed by atoms with Crippen molar-refractivity contribution in [2.24, 2.45) is 0 Å². The van der Waals surface area contributed by atoms with E-state index in [1.54, 1.807) is 12.1 Å². The van der Waals surface area contributed by atoms with Crippen LogP contribution >= 0.6 is 11.6 Å². The first-order chi connectivity index (χ1) is 12.8. The first-order valence-corrected chi connectivity index (χ1v) is 10.1. The van der Waals surface area contributed by atoms with Crippen molar-refractivity contribution in [1.29, 1.82) is 0 Å². The fourth-order valence-electron chi connectivity index (χ4n) is 2.85. The number of rotatable bonds is 5. The van der Waals surface area contributed by atoms with Gasteiger partial charge in [-0.3, -0.25) is 9.52 Å². The van der Waals surface area contributed by atoms with Gasteiger partial charge in [-0.15, -0.1) is 0 Å². The van der Waals surface area contributed by atoms with E-state index in [0.29, 0.717) is 30.7 Å². The average molecular weight is 411 g/mol. The zero-order chi connectivity index (χ0) is 19.6. The van der Waals surface area contributed by atoms with Gasteiger partial charge in [-0.25, -0.2) is 8.42 Å². The SMILES string of the molecule is COc1cc(Cl)c(NS(=O)(=O)c2ccc3c(c2)CCCC(=O)N3)c(OC)c1. The Morgan fingerprint density at radius 1 is 1.11 bits per heavy atom. The number of halogens is 1. The maximum atomic E-state index is 12.9. The molecule has 1 amide bonds. The highest BCUT2D eigenvalue weighted by molar-refractivity contribution is 7.92. The van der Waals surface area contributed by atoms with Gasteiger partial charge in [0, 0.05) is 24.2 Å². The number of benzene rings is 2. The van der Waals surface area contributed by atoms with Gasteiger partial charge in [-0.05, 0) is 36.6 Å². The highest BCUT2D eigenvalue weighted by Gasteiger charge is 2.22. The lowest BCUT2D eigenvalue weighted by atomic mass is 10.1. The van der Waals surface area contributed by atoms with Crippen LogP contribution in [0.1, 0.15) is 18.4 Å². The van der Waals surface area contributed by atoms with E-state index in [1.807, 2.05) is 0 Å². The van der Waals surface area contributed by atoms with E-state index in [-0.39, 0.29) is 27.3 Å². The molecule has 0 saturated carbocycles. The minimum atomic E-state index is -3.91. The molecule has 144 valence electrons. The second-order valence-corrected chi connectivity index (χ2v) is 8.10. The minimum Gasteiger partial charge on any atom is -0.497 e. The van der Waals surface area contributed by atoms with Gasteiger partial charge < -0.3 is 14.8 Å². The van der Waals surface area contributed by atoms with Gasteiger partial charge in [-0.2, -0.15) is 0 Å². The summed E-state index contributed by atoms with van der Waals surface area (Å²) in [7, 11) is -1.03. The zero-order valence-electron chi connectivity index (χ0n) is 14.8. The van der Waals surface area contributed by atoms with Crippen LogP contribution in [-0.2, 0) is 21.2 Å². The molecule has 2 N–H and O–H groups in total. The number of sulfonamides is 1. The van der Waals surface area contributed by atoms with Crippen molar-refractivity contribution in [3.8, 4) is 11.5 Å². The first-order valence-electron chi connectivity index (χ1n) is 8.21. The summed E-state index contributed by atoms with van der Waals surface area (Å²) in [4.78, 5) is 11.7. The van der Waals surface area contributed by atoms with Gasteiger partial charge in [0.1, 0.15) is 17.2 Å². The Labute approximate surface area is 162 Å². The Morgan fingerprint density at radius 2 is 1.89 bits per heavy atom. The summed E-state index contributed by atoms with van der Waals surface area (Å²) < 4.78 is 38.6. The predicted octanol–water partition coefficient (Wildman–Crippen LogP) is 3.43. The van der Waals surface area contributed by atoms with Crippen LogP contribution in [0, 0.1) is 0 Å². The molecule has 3 rings (SSSR count). The molecule has 0 saturated heterocycles. The molecule has 1 heterocycles. The quantitative estimate of drug-likeness (QED) is 0.787. The van der Waals surface area contributed by atoms with E-state index < -0.39 is 10.0 Å². The molecule has 0 unspecified atom stereocenters. The van der Waals surface area contributed by atoms with Crippen molar-refractivity contribution < 1.29 is 22.7 Å². The van der Waals surface area contributed by atoms with Crippen molar-refractivity contribution >= 4 is 38.9 Å². The number of aryl methyl sites for hydroxylation is 1. The molecule has 0 radical (unpaired) electrons. The van der Waals surface area contributed by atoms with E-state index in [2.05, 4.69) is 10.0 Å². The summed E-state index contributed by atoms with van der Waals surface area (Å²) in [5.74, 6) is 0.614. The van der Waals surface area contributed by atoms with Crippen LogP contribution in [0.25, 0.3) is 0 Å². The van der Waals surface area contributed by atoms with Crippen LogP contribution in [0.5, 0.6) is 11.5 Å². The van der Waals surface area contributed by atoms with Crippen LogP contribution in [0.4, 0.5) is 11.4 Å². The van der Waals surface area contributed by atoms with E-state index >= 15 is 0 Å². The monoisotopic (exact) mass is 410 g/mol. The number of hydrogen-bond donors (Lipinski definition) is 2. The second kappa shape index (κ2) is 7.66. The normalized spacial score (nSPS) is 14.0. The Hall–Kier alpha value is -2.45. The molecule has 2 aromatic rings. The number of carbonyl (C=O) groups excluding carboxylic acids is 1. The molecular weight excluding hydrogens is 392 g/mol. The summed E-state index contributed by atoms with van der Waals surface area (Å²) in [6.07, 6.45) is 1.69. The number of fused-ring (bicyclic) bond motifs is 1. The fraction of sp³-hybridized carbons (Fsp3) is 0.278. The van der Waals surface area contributed by atoms with Gasteiger partial charge in [0.05, 0.1) is 24.1 Å². The molecule has 0 fully saturated rings. The van der Waals surface area contributed by atoms with E-state index in [4.69, 9.17) is 21.1 Å². The summed E-state index contributed by atoms with van der Waals surface area (Å²) in [6, 6.07) is 7.63. The number of anilines is 2. The Morgan fingerprint density at radius 3 is 2.59 bits per heavy atom. The van der Waals surface area contributed by atoms with Gasteiger partial charge in [0.15, 0.2) is 0 Å². The molecule has 1 aliphatic rings. The highest BCUT2D eigenvalue weighted by atomic mass is 35.5. The molecule has 0 aliphatic carbocycles. The lowest BCUT2D eigenvalue weighted by Gasteiger charge is -2.16. The van der Waals surface area contributed by atoms with Crippen LogP contribution in [0.3, 0.4) is 0 Å². The van der Waals surface area contributed by atoms with Crippen molar-refractivity contribution in [2.45, 2.75) is 24.2 Å². The molecule has 2 aromatic carbocycles. The molecule has 1 aliphatic heterocycles. The van der Waals surface area contributed by atoms with Crippen molar-refractivity contribution in [1.82, 2.24) is 0 Å². The van der Waals surface area contributed by atoms with Crippen LogP contribution in [-0.4, -0.2) is 28.5 Å². The highest BCUT2D eigenvalue weighted by Crippen LogP contribution is 2.38. The summed E-state index contributed by atoms with van der Waals surface area (Å²) >= 11 is 6.20. The number of nitrogens with one attached hydrogen (secondary N) is 2. The average Bonchev–Trinajstić information content (AvgIpc) is 2.82. The number of hydrogen-bond acceptors (Lipinski definition) is 5. The van der Waals surface area contributed by atoms with E-state index in [0.717, 1.165) is 5.56 Å². The Balaban J connectivity index is 1.96. The van der Waals surface area contributed by atoms with Gasteiger partial charge >= 0.3 is 0 Å². The van der Waals surface area contributed by atoms with Crippen molar-refractivity contribution in [3.05, 3.63) is 40.9 Å². The van der Waals surface area contributed by atoms with Crippen LogP contribution < -0.4 is 19.5 Å². The summed E-state index contributed by atoms with van der Waals surface area (Å²) in [5.41, 5.74) is 1.54. The van der Waals surface area contributed by atoms with Gasteiger partial charge in [0.2, 0.25) is 5.91 Å². The lowest BCUT2D eigenvalue weighted by Crippen LogP contribution is -2.15. The van der Waals surface area contributed by atoms with Crippen LogP contribution in [0.2, 0.25) is 5.02 Å². The molecule has 27 heavy (non-hydrogen) atoms. The first kappa shape index (κ1) is 19.3. The Kier molecular flexibility index (Phi) is 5.48. The maximum absolute atomic E-state index is 12.9. The Bertz CT molecular complexity index is 991. The zero-order valence-corrected chi connectivity index (χ0v) is 16.4. The number of ether oxygens (including phenoxy) is 2. The van der Waals surface area contributed by atoms with Crippen molar-refractivity contribution in [2.75, 3.05) is 24.3 Å². The number of carbonyl (C=O) groups is 1. The molecule has 7 nitrogen and oxygen atoms in total. The molecular formula is C18H19ClN2O5S. The standard InChI is InChI=1S/C18H19ClN2O5S/c1-25-12-9-14(19)18(16(10-12)26-2)21-27(23,24)13-6-7-15-11(8-13)4-3-5-17(22)20-15/h6-10,21H,3-5H2,1-2H3,(H,20,22). The predicted molar refractivity (Wildman–Crippen MR) is 103 cm³/mol. The lowest BCUT2D eigenvalue weighted by molar-refractivity contribution is -0.116. The molecule has 0 spiro atoms. The van der Waals surface area contributed by atoms with Crippen LogP contribution in [0.15, 0.2) is 35.2 Å². The maximum Gasteiger partial charge on any atom is 0.262 e. The molecule has 0 atom stereocenters. The van der Waals surface area contributed by atoms with Crippen molar-refractivity contribution in [3.63, 3.8) is 0 Å². The minimum absolute atomic E-state index is 0.0720. The second-order valence-electron chi connectivity index (χ2n) is 6.01. The third kappa shape index (κ3) is 4.12. The summed E-state index contributed by atoms with van der Waals surface area (Å²) in [5, 5.41) is 2.93. The fourth-order valence-corrected chi connectivity index (χ4v) is 4.29.